The molecule has 2 unspecified atom stereocenters. The van der Waals surface area contributed by atoms with E-state index < -0.39 is 10.8 Å². The average Bonchev–Trinajstić information content (AvgIpc) is 2.83. The molecule has 2 nitrogen and oxygen atoms in total. The summed E-state index contributed by atoms with van der Waals surface area (Å²) in [6, 6.07) is 6.84. The predicted octanol–water partition coefficient (Wildman–Crippen LogP) is 2.67. The van der Waals surface area contributed by atoms with Gasteiger partial charge >= 0.3 is 0 Å². The molecule has 0 heterocycles. The van der Waals surface area contributed by atoms with Crippen LogP contribution in [-0.2, 0) is 23.6 Å². The number of hydrogen-bond acceptors (Lipinski definition) is 2. The summed E-state index contributed by atoms with van der Waals surface area (Å²) in [5, 5.41) is 3.36. The molecule has 0 aliphatic heterocycles. The van der Waals surface area contributed by atoms with Gasteiger partial charge in [-0.25, -0.2) is 0 Å². The predicted molar refractivity (Wildman–Crippen MR) is 77.5 cm³/mol. The summed E-state index contributed by atoms with van der Waals surface area (Å²) in [7, 11) is -0.840. The van der Waals surface area contributed by atoms with E-state index in [0.29, 0.717) is 6.04 Å². The first kappa shape index (κ1) is 13.8. The minimum atomic E-state index is -0.840. The van der Waals surface area contributed by atoms with Gasteiger partial charge in [0.2, 0.25) is 0 Å². The van der Waals surface area contributed by atoms with Crippen LogP contribution in [0, 0.1) is 0 Å². The number of aryl methyl sites for hydroxylation is 2. The van der Waals surface area contributed by atoms with Crippen LogP contribution in [0.4, 0.5) is 0 Å². The van der Waals surface area contributed by atoms with E-state index >= 15 is 0 Å². The second-order valence-corrected chi connectivity index (χ2v) is 6.65. The first-order chi connectivity index (χ1) is 8.70. The Balaban J connectivity index is 1.93. The van der Waals surface area contributed by atoms with E-state index in [0.717, 1.165) is 30.0 Å². The third-order valence-corrected chi connectivity index (χ3v) is 5.01. The molecule has 1 N–H and O–H groups in total. The summed E-state index contributed by atoms with van der Waals surface area (Å²) in [5.74, 6) is 0.757. The van der Waals surface area contributed by atoms with Crippen LogP contribution in [0.5, 0.6) is 0 Å². The van der Waals surface area contributed by atoms with Gasteiger partial charge in [0.25, 0.3) is 0 Å². The summed E-state index contributed by atoms with van der Waals surface area (Å²) in [6.07, 6.45) is 4.58. The number of benzene rings is 1. The van der Waals surface area contributed by atoms with E-state index in [1.54, 1.807) is 0 Å². The summed E-state index contributed by atoms with van der Waals surface area (Å²) >= 11 is 0. The van der Waals surface area contributed by atoms with Crippen molar-refractivity contribution in [2.24, 2.45) is 0 Å². The Kier molecular flexibility index (Phi) is 4.95. The van der Waals surface area contributed by atoms with Gasteiger partial charge in [0, 0.05) is 16.7 Å². The van der Waals surface area contributed by atoms with Crippen LogP contribution in [0.25, 0.3) is 0 Å². The van der Waals surface area contributed by atoms with E-state index in [9.17, 15) is 4.21 Å². The molecule has 0 saturated carbocycles. The van der Waals surface area contributed by atoms with Gasteiger partial charge in [0.1, 0.15) is 0 Å². The zero-order chi connectivity index (χ0) is 13.0. The zero-order valence-electron chi connectivity index (χ0n) is 11.4. The molecule has 0 saturated heterocycles. The standard InChI is InChI=1S/C15H23NOS/c1-3-16-12(2)9-10-18(17)15-8-7-13-5-4-6-14(13)11-15/h7-8,11-12,16H,3-6,9-10H2,1-2H3. The van der Waals surface area contributed by atoms with E-state index in [1.807, 2.05) is 0 Å². The van der Waals surface area contributed by atoms with Crippen LogP contribution in [0.3, 0.4) is 0 Å². The van der Waals surface area contributed by atoms with Gasteiger partial charge in [-0.15, -0.1) is 0 Å². The second-order valence-electron chi connectivity index (χ2n) is 5.08. The zero-order valence-corrected chi connectivity index (χ0v) is 12.2. The van der Waals surface area contributed by atoms with Crippen molar-refractivity contribution in [3.8, 4) is 0 Å². The first-order valence-corrected chi connectivity index (χ1v) is 8.26. The molecule has 0 radical (unpaired) electrons. The van der Waals surface area contributed by atoms with E-state index in [-0.39, 0.29) is 0 Å². The lowest BCUT2D eigenvalue weighted by molar-refractivity contribution is 0.553. The van der Waals surface area contributed by atoms with Gasteiger partial charge in [0.15, 0.2) is 0 Å². The fourth-order valence-electron chi connectivity index (χ4n) is 2.54. The summed E-state index contributed by atoms with van der Waals surface area (Å²) in [6.45, 7) is 5.24. The van der Waals surface area contributed by atoms with Crippen molar-refractivity contribution in [2.75, 3.05) is 12.3 Å². The highest BCUT2D eigenvalue weighted by molar-refractivity contribution is 7.85. The number of hydrogen-bond donors (Lipinski definition) is 1. The molecule has 1 aliphatic carbocycles. The molecule has 1 aromatic carbocycles. The topological polar surface area (TPSA) is 29.1 Å². The van der Waals surface area contributed by atoms with Gasteiger partial charge in [-0.05, 0) is 62.4 Å². The maximum atomic E-state index is 12.2. The quantitative estimate of drug-likeness (QED) is 0.857. The van der Waals surface area contributed by atoms with Crippen molar-refractivity contribution < 1.29 is 4.21 Å². The van der Waals surface area contributed by atoms with Crippen molar-refractivity contribution in [2.45, 2.75) is 50.5 Å². The van der Waals surface area contributed by atoms with Gasteiger partial charge < -0.3 is 5.32 Å². The van der Waals surface area contributed by atoms with E-state index in [4.69, 9.17) is 0 Å². The highest BCUT2D eigenvalue weighted by atomic mass is 32.2. The van der Waals surface area contributed by atoms with E-state index in [1.165, 1.54) is 24.0 Å². The first-order valence-electron chi connectivity index (χ1n) is 6.94. The molecule has 18 heavy (non-hydrogen) atoms. The van der Waals surface area contributed by atoms with Gasteiger partial charge in [-0.3, -0.25) is 4.21 Å². The van der Waals surface area contributed by atoms with Gasteiger partial charge in [0.05, 0.1) is 10.8 Å². The minimum absolute atomic E-state index is 0.452. The van der Waals surface area contributed by atoms with Crippen LogP contribution in [0.15, 0.2) is 23.1 Å². The van der Waals surface area contributed by atoms with Crippen molar-refractivity contribution in [1.29, 1.82) is 0 Å². The SMILES string of the molecule is CCNC(C)CCS(=O)c1ccc2c(c1)CCC2. The van der Waals surface area contributed by atoms with Crippen molar-refractivity contribution in [3.05, 3.63) is 29.3 Å². The molecule has 100 valence electrons. The molecule has 1 aromatic rings. The fraction of sp³-hybridized carbons (Fsp3) is 0.600. The smallest absolute Gasteiger partial charge is 0.0530 e. The molecule has 3 heteroatoms. The van der Waals surface area contributed by atoms with Crippen LogP contribution in [-0.4, -0.2) is 22.5 Å². The third kappa shape index (κ3) is 3.42. The Morgan fingerprint density at radius 1 is 1.33 bits per heavy atom. The molecule has 0 spiro atoms. The van der Waals surface area contributed by atoms with Crippen LogP contribution in [0.1, 0.15) is 37.8 Å². The van der Waals surface area contributed by atoms with Crippen LogP contribution >= 0.6 is 0 Å². The third-order valence-electron chi connectivity index (χ3n) is 3.62. The summed E-state index contributed by atoms with van der Waals surface area (Å²) in [4.78, 5) is 1.01. The number of fused-ring (bicyclic) bond motifs is 1. The highest BCUT2D eigenvalue weighted by Crippen LogP contribution is 2.24. The Morgan fingerprint density at radius 2 is 2.11 bits per heavy atom. The monoisotopic (exact) mass is 265 g/mol. The van der Waals surface area contributed by atoms with E-state index in [2.05, 4.69) is 37.4 Å². The summed E-state index contributed by atoms with van der Waals surface area (Å²) in [5.41, 5.74) is 2.87. The summed E-state index contributed by atoms with van der Waals surface area (Å²) < 4.78 is 12.2. The molecular formula is C15H23NOS. The van der Waals surface area contributed by atoms with Crippen LogP contribution < -0.4 is 5.32 Å². The van der Waals surface area contributed by atoms with Crippen molar-refractivity contribution in [1.82, 2.24) is 5.32 Å². The molecule has 2 atom stereocenters. The van der Waals surface area contributed by atoms with Gasteiger partial charge in [-0.1, -0.05) is 13.0 Å². The fourth-order valence-corrected chi connectivity index (χ4v) is 3.84. The maximum absolute atomic E-state index is 12.2. The van der Waals surface area contributed by atoms with Crippen molar-refractivity contribution >= 4 is 10.8 Å². The lowest BCUT2D eigenvalue weighted by Crippen LogP contribution is -2.27. The van der Waals surface area contributed by atoms with Crippen LogP contribution in [0.2, 0.25) is 0 Å². The highest BCUT2D eigenvalue weighted by Gasteiger charge is 2.13. The molecule has 0 fully saturated rings. The molecular weight excluding hydrogens is 242 g/mol. The Bertz CT molecular complexity index is 431. The lowest BCUT2D eigenvalue weighted by Gasteiger charge is -2.12. The second kappa shape index (κ2) is 6.48. The molecule has 0 bridgehead atoms. The largest absolute Gasteiger partial charge is 0.315 e. The molecule has 0 aromatic heterocycles. The minimum Gasteiger partial charge on any atom is -0.315 e. The molecule has 1 aliphatic rings. The Morgan fingerprint density at radius 3 is 2.89 bits per heavy atom. The molecule has 0 amide bonds. The number of rotatable bonds is 6. The maximum Gasteiger partial charge on any atom is 0.0530 e. The molecule has 2 rings (SSSR count). The normalized spacial score (nSPS) is 17.4. The average molecular weight is 265 g/mol. The lowest BCUT2D eigenvalue weighted by atomic mass is 10.1. The number of nitrogens with one attached hydrogen (secondary N) is 1. The van der Waals surface area contributed by atoms with Gasteiger partial charge in [-0.2, -0.15) is 0 Å². The van der Waals surface area contributed by atoms with Crippen molar-refractivity contribution in [3.63, 3.8) is 0 Å². The Labute approximate surface area is 113 Å². The Hall–Kier alpha value is -0.670.